The molecule has 3 aromatic carbocycles. The fraction of sp³-hybridized carbons (Fsp3) is 0.333. The first-order valence-electron chi connectivity index (χ1n) is 10.5. The largest absolute Gasteiger partial charge is 0.508 e. The molecular weight excluding hydrogens is 412 g/mol. The van der Waals surface area contributed by atoms with Crippen LogP contribution in [0.1, 0.15) is 37.2 Å². The van der Waals surface area contributed by atoms with Crippen molar-refractivity contribution in [3.63, 3.8) is 0 Å². The van der Waals surface area contributed by atoms with Crippen molar-refractivity contribution >= 4 is 26.5 Å². The fourth-order valence-electron chi connectivity index (χ4n) is 4.57. The second-order valence-corrected chi connectivity index (χ2v) is 10.1. The first-order valence-corrected chi connectivity index (χ1v) is 12.0. The third kappa shape index (κ3) is 4.34. The molecule has 0 aromatic heterocycles. The smallest absolute Gasteiger partial charge is 0.241 e. The predicted octanol–water partition coefficient (Wildman–Crippen LogP) is 4.32. The molecule has 0 bridgehead atoms. The topological polar surface area (TPSA) is 89.9 Å². The van der Waals surface area contributed by atoms with E-state index in [9.17, 15) is 18.6 Å². The van der Waals surface area contributed by atoms with Gasteiger partial charge in [0.2, 0.25) is 10.0 Å². The van der Waals surface area contributed by atoms with E-state index in [-0.39, 0.29) is 23.5 Å². The Bertz CT molecular complexity index is 1200. The predicted molar refractivity (Wildman–Crippen MR) is 123 cm³/mol. The van der Waals surface area contributed by atoms with Gasteiger partial charge in [0.05, 0.1) is 4.90 Å². The number of hydrogen-bond acceptors (Lipinski definition) is 5. The molecule has 1 saturated carbocycles. The normalized spacial score (nSPS) is 19.4. The number of nitrogens with zero attached hydrogens (tertiary/aromatic N) is 1. The zero-order valence-electron chi connectivity index (χ0n) is 17.7. The highest BCUT2D eigenvalue weighted by Crippen LogP contribution is 2.39. The van der Waals surface area contributed by atoms with Crippen LogP contribution in [-0.2, 0) is 10.0 Å². The van der Waals surface area contributed by atoms with Crippen LogP contribution in [0.3, 0.4) is 0 Å². The van der Waals surface area contributed by atoms with E-state index < -0.39 is 10.0 Å². The van der Waals surface area contributed by atoms with Crippen molar-refractivity contribution in [3.8, 4) is 11.5 Å². The summed E-state index contributed by atoms with van der Waals surface area (Å²) in [4.78, 5) is 2.28. The van der Waals surface area contributed by atoms with Crippen molar-refractivity contribution in [1.82, 2.24) is 4.72 Å². The van der Waals surface area contributed by atoms with E-state index in [1.54, 1.807) is 24.3 Å². The number of rotatable bonds is 5. The van der Waals surface area contributed by atoms with Crippen LogP contribution >= 0.6 is 0 Å². The van der Waals surface area contributed by atoms with Gasteiger partial charge >= 0.3 is 0 Å². The minimum absolute atomic E-state index is 0.0372. The number of nitrogens with one attached hydrogen (secondary N) is 1. The Morgan fingerprint density at radius 1 is 0.903 bits per heavy atom. The van der Waals surface area contributed by atoms with Crippen LogP contribution in [0.25, 0.3) is 10.8 Å². The molecule has 0 heterocycles. The van der Waals surface area contributed by atoms with E-state index in [2.05, 4.69) is 4.72 Å². The van der Waals surface area contributed by atoms with Crippen LogP contribution in [-0.4, -0.2) is 38.8 Å². The van der Waals surface area contributed by atoms with E-state index >= 15 is 0 Å². The highest BCUT2D eigenvalue weighted by atomic mass is 32.2. The van der Waals surface area contributed by atoms with E-state index in [0.29, 0.717) is 23.1 Å². The Morgan fingerprint density at radius 3 is 2.26 bits per heavy atom. The molecule has 0 atom stereocenters. The van der Waals surface area contributed by atoms with Crippen molar-refractivity contribution in [2.75, 3.05) is 19.0 Å². The van der Waals surface area contributed by atoms with Crippen molar-refractivity contribution < 1.29 is 18.6 Å². The number of sulfonamides is 1. The van der Waals surface area contributed by atoms with Crippen LogP contribution in [0.5, 0.6) is 11.5 Å². The molecule has 3 N–H and O–H groups in total. The molecule has 0 saturated heterocycles. The lowest BCUT2D eigenvalue weighted by molar-refractivity contribution is 0.363. The Balaban J connectivity index is 1.52. The van der Waals surface area contributed by atoms with Gasteiger partial charge in [-0.05, 0) is 55.4 Å². The SMILES string of the molecule is CN(C)c1cccc2c(S(=O)(=O)NC3CCC(c4ccc(O)cc4O)CC3)cccc12. The molecule has 31 heavy (non-hydrogen) atoms. The Morgan fingerprint density at radius 2 is 1.58 bits per heavy atom. The number of phenols is 2. The minimum atomic E-state index is -3.68. The summed E-state index contributed by atoms with van der Waals surface area (Å²) in [5, 5.41) is 21.2. The maximum atomic E-state index is 13.2. The Labute approximate surface area is 183 Å². The molecule has 7 heteroatoms. The molecule has 1 aliphatic carbocycles. The molecule has 0 unspecified atom stereocenters. The molecule has 164 valence electrons. The van der Waals surface area contributed by atoms with Gasteiger partial charge in [0, 0.05) is 42.7 Å². The third-order valence-electron chi connectivity index (χ3n) is 6.13. The zero-order chi connectivity index (χ0) is 22.2. The summed E-state index contributed by atoms with van der Waals surface area (Å²) in [6.45, 7) is 0. The Kier molecular flexibility index (Phi) is 5.81. The van der Waals surface area contributed by atoms with Crippen molar-refractivity contribution in [2.24, 2.45) is 0 Å². The number of phenolic OH excluding ortho intramolecular Hbond substituents is 2. The molecule has 0 aliphatic heterocycles. The first kappa shape index (κ1) is 21.5. The van der Waals surface area contributed by atoms with Crippen LogP contribution in [0.15, 0.2) is 59.5 Å². The van der Waals surface area contributed by atoms with Gasteiger partial charge in [0.15, 0.2) is 0 Å². The lowest BCUT2D eigenvalue weighted by Crippen LogP contribution is -2.37. The van der Waals surface area contributed by atoms with Crippen molar-refractivity contribution in [3.05, 3.63) is 60.2 Å². The number of aromatic hydroxyl groups is 2. The fourth-order valence-corrected chi connectivity index (χ4v) is 6.10. The second kappa shape index (κ2) is 8.40. The van der Waals surface area contributed by atoms with E-state index in [0.717, 1.165) is 29.5 Å². The first-order chi connectivity index (χ1) is 14.8. The molecular formula is C24H28N2O4S. The molecule has 0 spiro atoms. The van der Waals surface area contributed by atoms with Gasteiger partial charge < -0.3 is 15.1 Å². The standard InChI is InChI=1S/C24H28N2O4S/c1-26(2)22-7-3-6-21-20(22)5-4-8-24(21)31(29,30)25-17-11-9-16(10-12-17)19-14-13-18(27)15-23(19)28/h3-8,13-17,25,27-28H,9-12H2,1-2H3. The van der Waals surface area contributed by atoms with Crippen LogP contribution < -0.4 is 9.62 Å². The van der Waals surface area contributed by atoms with Gasteiger partial charge in [-0.2, -0.15) is 0 Å². The number of fused-ring (bicyclic) bond motifs is 1. The number of anilines is 1. The van der Waals surface area contributed by atoms with Crippen LogP contribution in [0.4, 0.5) is 5.69 Å². The van der Waals surface area contributed by atoms with Crippen LogP contribution in [0, 0.1) is 0 Å². The van der Waals surface area contributed by atoms with Crippen molar-refractivity contribution in [1.29, 1.82) is 0 Å². The summed E-state index contributed by atoms with van der Waals surface area (Å²) in [5.41, 5.74) is 1.79. The second-order valence-electron chi connectivity index (χ2n) is 8.44. The molecule has 3 aromatic rings. The van der Waals surface area contributed by atoms with E-state index in [1.165, 1.54) is 6.07 Å². The molecule has 1 aliphatic rings. The van der Waals surface area contributed by atoms with Gasteiger partial charge in [-0.15, -0.1) is 0 Å². The van der Waals surface area contributed by atoms with Gasteiger partial charge in [0.1, 0.15) is 11.5 Å². The maximum Gasteiger partial charge on any atom is 0.241 e. The van der Waals surface area contributed by atoms with Gasteiger partial charge in [-0.25, -0.2) is 13.1 Å². The van der Waals surface area contributed by atoms with Gasteiger partial charge in [-0.1, -0.05) is 30.3 Å². The summed E-state index contributed by atoms with van der Waals surface area (Å²) in [6.07, 6.45) is 2.92. The van der Waals surface area contributed by atoms with E-state index in [1.807, 2.05) is 43.3 Å². The molecule has 0 amide bonds. The molecule has 1 fully saturated rings. The molecule has 0 radical (unpaired) electrons. The molecule has 4 rings (SSSR count). The highest BCUT2D eigenvalue weighted by Gasteiger charge is 2.28. The summed E-state index contributed by atoms with van der Waals surface area (Å²) in [7, 11) is 0.210. The lowest BCUT2D eigenvalue weighted by Gasteiger charge is -2.29. The lowest BCUT2D eigenvalue weighted by atomic mass is 9.81. The average Bonchev–Trinajstić information content (AvgIpc) is 2.73. The minimum Gasteiger partial charge on any atom is -0.508 e. The quantitative estimate of drug-likeness (QED) is 0.550. The summed E-state index contributed by atoms with van der Waals surface area (Å²) < 4.78 is 29.4. The zero-order valence-corrected chi connectivity index (χ0v) is 18.6. The van der Waals surface area contributed by atoms with Gasteiger partial charge in [0.25, 0.3) is 0 Å². The summed E-state index contributed by atoms with van der Waals surface area (Å²) >= 11 is 0. The Hall–Kier alpha value is -2.77. The maximum absolute atomic E-state index is 13.2. The summed E-state index contributed by atoms with van der Waals surface area (Å²) in [5.74, 6) is 0.285. The third-order valence-corrected chi connectivity index (χ3v) is 7.71. The van der Waals surface area contributed by atoms with Crippen molar-refractivity contribution in [2.45, 2.75) is 42.5 Å². The number of benzene rings is 3. The monoisotopic (exact) mass is 440 g/mol. The molecule has 6 nitrogen and oxygen atoms in total. The summed E-state index contributed by atoms with van der Waals surface area (Å²) in [6, 6.07) is 15.6. The number of hydrogen-bond donors (Lipinski definition) is 3. The van der Waals surface area contributed by atoms with E-state index in [4.69, 9.17) is 0 Å². The average molecular weight is 441 g/mol. The van der Waals surface area contributed by atoms with Gasteiger partial charge in [-0.3, -0.25) is 0 Å². The van der Waals surface area contributed by atoms with Crippen LogP contribution in [0.2, 0.25) is 0 Å². The highest BCUT2D eigenvalue weighted by molar-refractivity contribution is 7.89.